The Balaban J connectivity index is 1.77. The summed E-state index contributed by atoms with van der Waals surface area (Å²) in [6.45, 7) is 3.86. The molecule has 1 unspecified atom stereocenters. The van der Waals surface area contributed by atoms with Gasteiger partial charge in [0.25, 0.3) is 5.91 Å². The van der Waals surface area contributed by atoms with E-state index < -0.39 is 6.10 Å². The molecule has 0 aliphatic rings. The van der Waals surface area contributed by atoms with Crippen molar-refractivity contribution in [2.45, 2.75) is 26.5 Å². The molecule has 0 bridgehead atoms. The number of hydrogen-bond donors (Lipinski definition) is 2. The summed E-state index contributed by atoms with van der Waals surface area (Å²) in [5.41, 5.74) is 3.06. The first-order valence-corrected chi connectivity index (χ1v) is 9.04. The van der Waals surface area contributed by atoms with Crippen molar-refractivity contribution in [2.75, 3.05) is 5.32 Å². The van der Waals surface area contributed by atoms with Crippen LogP contribution >= 0.6 is 23.2 Å². The fourth-order valence-electron chi connectivity index (χ4n) is 2.60. The molecule has 27 heavy (non-hydrogen) atoms. The maximum atomic E-state index is 12.6. The number of rotatable bonds is 5. The van der Waals surface area contributed by atoms with Crippen LogP contribution in [0.3, 0.4) is 0 Å². The lowest BCUT2D eigenvalue weighted by atomic mass is 10.1. The summed E-state index contributed by atoms with van der Waals surface area (Å²) < 4.78 is 1.63. The molecule has 3 rings (SSSR count). The molecular weight excluding hydrogens is 387 g/mol. The standard InChI is InChI=1S/C19H18Cl2N4O2/c1-11-18(19(27)22-15-5-3-4-14(9-15)12(2)26)23-24-25(11)10-13-6-7-16(20)17(21)8-13/h3-9,12,26H,10H2,1-2H3,(H,22,27). The molecule has 0 aliphatic carbocycles. The van der Waals surface area contributed by atoms with Crippen LogP contribution in [0.15, 0.2) is 42.5 Å². The predicted octanol–water partition coefficient (Wildman–Crippen LogP) is 4.25. The van der Waals surface area contributed by atoms with Gasteiger partial charge in [-0.05, 0) is 49.2 Å². The molecule has 140 valence electrons. The second-order valence-electron chi connectivity index (χ2n) is 6.19. The predicted molar refractivity (Wildman–Crippen MR) is 105 cm³/mol. The number of hydrogen-bond acceptors (Lipinski definition) is 4. The van der Waals surface area contributed by atoms with Crippen LogP contribution in [-0.4, -0.2) is 26.0 Å². The van der Waals surface area contributed by atoms with Crippen LogP contribution in [0.2, 0.25) is 10.0 Å². The second-order valence-corrected chi connectivity index (χ2v) is 7.00. The van der Waals surface area contributed by atoms with Crippen LogP contribution in [0, 0.1) is 6.92 Å². The van der Waals surface area contributed by atoms with Crippen molar-refractivity contribution in [3.8, 4) is 0 Å². The highest BCUT2D eigenvalue weighted by Gasteiger charge is 2.17. The lowest BCUT2D eigenvalue weighted by molar-refractivity contribution is 0.102. The third-order valence-corrected chi connectivity index (χ3v) is 4.88. The Hall–Kier alpha value is -2.41. The highest BCUT2D eigenvalue weighted by atomic mass is 35.5. The molecule has 1 aromatic heterocycles. The maximum absolute atomic E-state index is 12.6. The van der Waals surface area contributed by atoms with Crippen molar-refractivity contribution in [2.24, 2.45) is 0 Å². The summed E-state index contributed by atoms with van der Waals surface area (Å²) in [6.07, 6.45) is -0.615. The van der Waals surface area contributed by atoms with Crippen LogP contribution in [0.25, 0.3) is 0 Å². The fraction of sp³-hybridized carbons (Fsp3) is 0.211. The van der Waals surface area contributed by atoms with Gasteiger partial charge in [0.15, 0.2) is 5.69 Å². The number of nitrogens with one attached hydrogen (secondary N) is 1. The summed E-state index contributed by atoms with van der Waals surface area (Å²) in [7, 11) is 0. The van der Waals surface area contributed by atoms with Gasteiger partial charge in [0.1, 0.15) is 0 Å². The number of aliphatic hydroxyl groups is 1. The van der Waals surface area contributed by atoms with E-state index in [4.69, 9.17) is 23.2 Å². The molecule has 0 saturated carbocycles. The minimum Gasteiger partial charge on any atom is -0.389 e. The summed E-state index contributed by atoms with van der Waals surface area (Å²) in [6, 6.07) is 12.3. The molecule has 0 fully saturated rings. The first-order chi connectivity index (χ1) is 12.8. The van der Waals surface area contributed by atoms with Gasteiger partial charge in [0, 0.05) is 5.69 Å². The van der Waals surface area contributed by atoms with Crippen LogP contribution in [-0.2, 0) is 6.54 Å². The number of aromatic nitrogens is 3. The van der Waals surface area contributed by atoms with Crippen LogP contribution in [0.5, 0.6) is 0 Å². The zero-order chi connectivity index (χ0) is 19.6. The normalized spacial score (nSPS) is 12.0. The lowest BCUT2D eigenvalue weighted by Gasteiger charge is -2.09. The molecule has 3 aromatic rings. The number of aliphatic hydroxyl groups excluding tert-OH is 1. The van der Waals surface area contributed by atoms with Crippen molar-refractivity contribution < 1.29 is 9.90 Å². The molecule has 2 N–H and O–H groups in total. The van der Waals surface area contributed by atoms with E-state index in [1.54, 1.807) is 54.9 Å². The van der Waals surface area contributed by atoms with Gasteiger partial charge in [-0.3, -0.25) is 4.79 Å². The molecule has 0 aliphatic heterocycles. The van der Waals surface area contributed by atoms with Gasteiger partial charge in [-0.2, -0.15) is 0 Å². The minimum atomic E-state index is -0.615. The Morgan fingerprint density at radius 3 is 2.70 bits per heavy atom. The maximum Gasteiger partial charge on any atom is 0.278 e. The van der Waals surface area contributed by atoms with E-state index in [0.29, 0.717) is 33.5 Å². The molecule has 0 saturated heterocycles. The number of carbonyl (C=O) groups excluding carboxylic acids is 1. The number of anilines is 1. The van der Waals surface area contributed by atoms with Gasteiger partial charge < -0.3 is 10.4 Å². The van der Waals surface area contributed by atoms with Crippen LogP contribution < -0.4 is 5.32 Å². The summed E-state index contributed by atoms with van der Waals surface area (Å²) in [5, 5.41) is 21.5. The second kappa shape index (κ2) is 8.08. The van der Waals surface area contributed by atoms with E-state index >= 15 is 0 Å². The molecule has 6 nitrogen and oxygen atoms in total. The number of halogens is 2. The van der Waals surface area contributed by atoms with Crippen molar-refractivity contribution in [1.82, 2.24) is 15.0 Å². The Morgan fingerprint density at radius 2 is 2.00 bits per heavy atom. The highest BCUT2D eigenvalue weighted by Crippen LogP contribution is 2.23. The third kappa shape index (κ3) is 4.47. The zero-order valence-electron chi connectivity index (χ0n) is 14.8. The van der Waals surface area contributed by atoms with E-state index in [9.17, 15) is 9.90 Å². The van der Waals surface area contributed by atoms with E-state index in [0.717, 1.165) is 5.56 Å². The van der Waals surface area contributed by atoms with Gasteiger partial charge in [-0.15, -0.1) is 5.10 Å². The van der Waals surface area contributed by atoms with Crippen molar-refractivity contribution in [3.05, 3.63) is 75.0 Å². The van der Waals surface area contributed by atoms with E-state index in [-0.39, 0.29) is 11.6 Å². The molecule has 1 heterocycles. The zero-order valence-corrected chi connectivity index (χ0v) is 16.3. The first-order valence-electron chi connectivity index (χ1n) is 8.28. The molecule has 0 radical (unpaired) electrons. The lowest BCUT2D eigenvalue weighted by Crippen LogP contribution is -2.14. The van der Waals surface area contributed by atoms with Crippen molar-refractivity contribution in [3.63, 3.8) is 0 Å². The summed E-state index contributed by atoms with van der Waals surface area (Å²) >= 11 is 12.0. The SMILES string of the molecule is Cc1c(C(=O)Nc2cccc(C(C)O)c2)nnn1Cc1ccc(Cl)c(Cl)c1. The number of amides is 1. The molecule has 1 amide bonds. The highest BCUT2D eigenvalue weighted by molar-refractivity contribution is 6.42. The van der Waals surface area contributed by atoms with Gasteiger partial charge in [0.05, 0.1) is 28.4 Å². The molecule has 1 atom stereocenters. The Bertz CT molecular complexity index is 986. The largest absolute Gasteiger partial charge is 0.389 e. The summed E-state index contributed by atoms with van der Waals surface area (Å²) in [5.74, 6) is -0.365. The number of benzene rings is 2. The smallest absolute Gasteiger partial charge is 0.278 e. The van der Waals surface area contributed by atoms with Gasteiger partial charge in [0.2, 0.25) is 0 Å². The Morgan fingerprint density at radius 1 is 1.22 bits per heavy atom. The van der Waals surface area contributed by atoms with E-state index in [1.807, 2.05) is 6.07 Å². The van der Waals surface area contributed by atoms with Gasteiger partial charge in [-0.1, -0.05) is 46.6 Å². The van der Waals surface area contributed by atoms with Gasteiger partial charge >= 0.3 is 0 Å². The van der Waals surface area contributed by atoms with E-state index in [1.165, 1.54) is 0 Å². The monoisotopic (exact) mass is 404 g/mol. The third-order valence-electron chi connectivity index (χ3n) is 4.14. The average molecular weight is 405 g/mol. The number of carbonyl (C=O) groups is 1. The average Bonchev–Trinajstić information content (AvgIpc) is 2.99. The van der Waals surface area contributed by atoms with Crippen molar-refractivity contribution >= 4 is 34.8 Å². The molecule has 0 spiro atoms. The first kappa shape index (κ1) is 19.4. The van der Waals surface area contributed by atoms with Gasteiger partial charge in [-0.25, -0.2) is 4.68 Å². The minimum absolute atomic E-state index is 0.234. The molecule has 2 aromatic carbocycles. The quantitative estimate of drug-likeness (QED) is 0.665. The van der Waals surface area contributed by atoms with Crippen molar-refractivity contribution in [1.29, 1.82) is 0 Å². The van der Waals surface area contributed by atoms with Crippen LogP contribution in [0.4, 0.5) is 5.69 Å². The van der Waals surface area contributed by atoms with E-state index in [2.05, 4.69) is 15.6 Å². The Kier molecular flexibility index (Phi) is 5.79. The summed E-state index contributed by atoms with van der Waals surface area (Å²) in [4.78, 5) is 12.6. The molecular formula is C19H18Cl2N4O2. The Labute approximate surface area is 166 Å². The fourth-order valence-corrected chi connectivity index (χ4v) is 2.92. The number of nitrogens with zero attached hydrogens (tertiary/aromatic N) is 3. The van der Waals surface area contributed by atoms with Crippen LogP contribution in [0.1, 0.15) is 40.3 Å². The molecule has 8 heteroatoms. The topological polar surface area (TPSA) is 80.0 Å².